The Morgan fingerprint density at radius 3 is 2.85 bits per heavy atom. The third-order valence-electron chi connectivity index (χ3n) is 5.35. The van der Waals surface area contributed by atoms with Crippen molar-refractivity contribution < 1.29 is 0 Å². The summed E-state index contributed by atoms with van der Waals surface area (Å²) in [5, 5.41) is 11.9. The molecule has 3 heterocycles. The molecule has 1 unspecified atom stereocenters. The second-order valence-corrected chi connectivity index (χ2v) is 7.88. The number of fused-ring (bicyclic) bond motifs is 1. The number of aromatic amines is 1. The predicted molar refractivity (Wildman–Crippen MR) is 111 cm³/mol. The Bertz CT molecular complexity index is 871. The minimum absolute atomic E-state index is 0.354. The zero-order chi connectivity index (χ0) is 18.6. The number of nitrogens with one attached hydrogen (secondary N) is 2. The maximum Gasteiger partial charge on any atom is 0.157 e. The Hall–Kier alpha value is -2.40. The second kappa shape index (κ2) is 8.09. The van der Waals surface area contributed by atoms with Crippen LogP contribution in [0.5, 0.6) is 0 Å². The summed E-state index contributed by atoms with van der Waals surface area (Å²) in [5.74, 6) is 1.40. The van der Waals surface area contributed by atoms with Crippen LogP contribution in [0.1, 0.15) is 43.9 Å². The third-order valence-corrected chi connectivity index (χ3v) is 5.35. The number of likely N-dealkylation sites (tertiary alicyclic amines) is 1. The average molecular weight is 364 g/mol. The van der Waals surface area contributed by atoms with Gasteiger partial charge in [-0.3, -0.25) is 5.10 Å². The van der Waals surface area contributed by atoms with Crippen LogP contribution in [0.3, 0.4) is 0 Å². The van der Waals surface area contributed by atoms with Crippen LogP contribution in [0.25, 0.3) is 11.0 Å². The molecule has 1 aliphatic rings. The maximum atomic E-state index is 4.89. The summed E-state index contributed by atoms with van der Waals surface area (Å²) < 4.78 is 0. The zero-order valence-electron chi connectivity index (χ0n) is 16.3. The average Bonchev–Trinajstić information content (AvgIpc) is 3.09. The lowest BCUT2D eigenvalue weighted by atomic mass is 9.94. The molecule has 5 nitrogen and oxygen atoms in total. The number of benzene rings is 1. The molecule has 0 spiro atoms. The highest BCUT2D eigenvalue weighted by Crippen LogP contribution is 2.28. The molecule has 1 aromatic carbocycles. The van der Waals surface area contributed by atoms with Gasteiger partial charge in [0.05, 0.1) is 5.39 Å². The molecule has 0 amide bonds. The maximum absolute atomic E-state index is 4.89. The fourth-order valence-electron chi connectivity index (χ4n) is 3.96. The van der Waals surface area contributed by atoms with Gasteiger partial charge in [-0.1, -0.05) is 30.3 Å². The van der Waals surface area contributed by atoms with Crippen LogP contribution in [-0.4, -0.2) is 45.8 Å². The van der Waals surface area contributed by atoms with E-state index in [0.29, 0.717) is 12.0 Å². The quantitative estimate of drug-likeness (QED) is 0.689. The number of hydrogen-bond acceptors (Lipinski definition) is 4. The molecular formula is C22H29N5. The highest BCUT2D eigenvalue weighted by atomic mass is 15.2. The van der Waals surface area contributed by atoms with Gasteiger partial charge in [0.2, 0.25) is 0 Å². The minimum Gasteiger partial charge on any atom is -0.366 e. The number of pyridine rings is 1. The summed E-state index contributed by atoms with van der Waals surface area (Å²) >= 11 is 0. The van der Waals surface area contributed by atoms with Crippen molar-refractivity contribution in [3.8, 4) is 0 Å². The van der Waals surface area contributed by atoms with Gasteiger partial charge < -0.3 is 10.2 Å². The predicted octanol–water partition coefficient (Wildman–Crippen LogP) is 4.20. The third kappa shape index (κ3) is 4.30. The number of anilines is 1. The van der Waals surface area contributed by atoms with E-state index < -0.39 is 0 Å². The Kier molecular flexibility index (Phi) is 5.39. The first-order valence-corrected chi connectivity index (χ1v) is 10.1. The molecule has 3 aromatic rings. The highest BCUT2D eigenvalue weighted by Gasteiger charge is 2.23. The molecule has 0 saturated carbocycles. The van der Waals surface area contributed by atoms with Crippen LogP contribution in [-0.2, 0) is 6.42 Å². The summed E-state index contributed by atoms with van der Waals surface area (Å²) in [6.45, 7) is 7.65. The molecule has 27 heavy (non-hydrogen) atoms. The molecular weight excluding hydrogens is 334 g/mol. The van der Waals surface area contributed by atoms with E-state index in [2.05, 4.69) is 76.7 Å². The molecule has 5 heteroatoms. The molecule has 0 radical (unpaired) electrons. The number of aromatic nitrogens is 3. The lowest BCUT2D eigenvalue weighted by Crippen LogP contribution is -2.36. The summed E-state index contributed by atoms with van der Waals surface area (Å²) in [4.78, 5) is 7.48. The van der Waals surface area contributed by atoms with Crippen molar-refractivity contribution >= 4 is 16.9 Å². The van der Waals surface area contributed by atoms with Crippen LogP contribution in [0.2, 0.25) is 0 Å². The van der Waals surface area contributed by atoms with Crippen LogP contribution in [0.4, 0.5) is 5.82 Å². The molecule has 0 bridgehead atoms. The number of H-pyrrole nitrogens is 1. The zero-order valence-corrected chi connectivity index (χ0v) is 16.3. The molecule has 4 rings (SSSR count). The summed E-state index contributed by atoms with van der Waals surface area (Å²) in [6, 6.07) is 15.5. The van der Waals surface area contributed by atoms with Crippen molar-refractivity contribution in [1.29, 1.82) is 0 Å². The van der Waals surface area contributed by atoms with E-state index in [4.69, 9.17) is 4.98 Å². The Labute approximate surface area is 161 Å². The van der Waals surface area contributed by atoms with Gasteiger partial charge in [0.25, 0.3) is 0 Å². The molecule has 142 valence electrons. The number of rotatable bonds is 6. The van der Waals surface area contributed by atoms with E-state index in [9.17, 15) is 0 Å². The first-order chi connectivity index (χ1) is 13.2. The van der Waals surface area contributed by atoms with E-state index in [-0.39, 0.29) is 0 Å². The van der Waals surface area contributed by atoms with Crippen molar-refractivity contribution in [3.05, 3.63) is 53.7 Å². The van der Waals surface area contributed by atoms with E-state index >= 15 is 0 Å². The van der Waals surface area contributed by atoms with Gasteiger partial charge in [0.15, 0.2) is 11.5 Å². The summed E-state index contributed by atoms with van der Waals surface area (Å²) in [7, 11) is 0. The fourth-order valence-corrected chi connectivity index (χ4v) is 3.96. The lowest BCUT2D eigenvalue weighted by Gasteiger charge is -2.32. The van der Waals surface area contributed by atoms with Crippen molar-refractivity contribution in [2.45, 2.75) is 45.1 Å². The summed E-state index contributed by atoms with van der Waals surface area (Å²) in [6.07, 6.45) is 3.57. The number of nitrogens with zero attached hydrogens (tertiary/aromatic N) is 3. The molecule has 0 aliphatic carbocycles. The van der Waals surface area contributed by atoms with Crippen LogP contribution >= 0.6 is 0 Å². The Balaban J connectivity index is 1.43. The first kappa shape index (κ1) is 18.0. The molecule has 1 atom stereocenters. The van der Waals surface area contributed by atoms with Gasteiger partial charge >= 0.3 is 0 Å². The Morgan fingerprint density at radius 2 is 2.04 bits per heavy atom. The van der Waals surface area contributed by atoms with Crippen LogP contribution < -0.4 is 5.32 Å². The van der Waals surface area contributed by atoms with E-state index in [0.717, 1.165) is 36.4 Å². The van der Waals surface area contributed by atoms with Gasteiger partial charge in [-0.15, -0.1) is 0 Å². The summed E-state index contributed by atoms with van der Waals surface area (Å²) in [5.41, 5.74) is 3.49. The highest BCUT2D eigenvalue weighted by molar-refractivity contribution is 5.87. The van der Waals surface area contributed by atoms with Crippen molar-refractivity contribution in [3.63, 3.8) is 0 Å². The SMILES string of the molecule is CC(C)Nc1n[nH]c2nc(C3CCCN(CCc4ccccc4)C3)ccc12. The number of piperidine rings is 1. The van der Waals surface area contributed by atoms with Gasteiger partial charge in [0, 0.05) is 30.7 Å². The normalized spacial score (nSPS) is 18.3. The molecule has 1 aliphatic heterocycles. The van der Waals surface area contributed by atoms with Crippen molar-refractivity contribution in [2.24, 2.45) is 0 Å². The molecule has 2 aromatic heterocycles. The smallest absolute Gasteiger partial charge is 0.157 e. The van der Waals surface area contributed by atoms with Crippen LogP contribution in [0.15, 0.2) is 42.5 Å². The van der Waals surface area contributed by atoms with Crippen molar-refractivity contribution in [2.75, 3.05) is 25.0 Å². The number of hydrogen-bond donors (Lipinski definition) is 2. The second-order valence-electron chi connectivity index (χ2n) is 7.88. The lowest BCUT2D eigenvalue weighted by molar-refractivity contribution is 0.208. The molecule has 1 saturated heterocycles. The standard InChI is InChI=1S/C22H29N5/c1-16(2)23-21-19-10-11-20(24-22(19)26-25-21)18-9-6-13-27(15-18)14-12-17-7-4-3-5-8-17/h3-5,7-8,10-11,16,18H,6,9,12-15H2,1-2H3,(H2,23,24,25,26). The monoisotopic (exact) mass is 363 g/mol. The van der Waals surface area contributed by atoms with Crippen molar-refractivity contribution in [1.82, 2.24) is 20.1 Å². The van der Waals surface area contributed by atoms with E-state index in [1.165, 1.54) is 30.6 Å². The van der Waals surface area contributed by atoms with E-state index in [1.54, 1.807) is 0 Å². The molecule has 2 N–H and O–H groups in total. The first-order valence-electron chi connectivity index (χ1n) is 10.1. The van der Waals surface area contributed by atoms with Gasteiger partial charge in [-0.05, 0) is 57.4 Å². The van der Waals surface area contributed by atoms with Gasteiger partial charge in [0.1, 0.15) is 0 Å². The Morgan fingerprint density at radius 1 is 1.19 bits per heavy atom. The van der Waals surface area contributed by atoms with Gasteiger partial charge in [-0.25, -0.2) is 4.98 Å². The topological polar surface area (TPSA) is 56.8 Å². The fraction of sp³-hybridized carbons (Fsp3) is 0.455. The minimum atomic E-state index is 0.354. The van der Waals surface area contributed by atoms with Gasteiger partial charge in [-0.2, -0.15) is 5.10 Å². The van der Waals surface area contributed by atoms with E-state index in [1.807, 2.05) is 0 Å². The largest absolute Gasteiger partial charge is 0.366 e. The van der Waals surface area contributed by atoms with Crippen LogP contribution in [0, 0.1) is 0 Å². The molecule has 1 fully saturated rings.